The summed E-state index contributed by atoms with van der Waals surface area (Å²) in [5, 5.41) is 13.2. The first-order valence-corrected chi connectivity index (χ1v) is 12.5. The topological polar surface area (TPSA) is 161 Å². The van der Waals surface area contributed by atoms with Crippen molar-refractivity contribution in [3.05, 3.63) is 108 Å². The monoisotopic (exact) mass is 558 g/mol. The third-order valence-electron chi connectivity index (χ3n) is 6.16. The van der Waals surface area contributed by atoms with Crippen molar-refractivity contribution in [1.29, 1.82) is 0 Å². The lowest BCUT2D eigenvalue weighted by atomic mass is 10.0. The Kier molecular flexibility index (Phi) is 9.10. The maximum absolute atomic E-state index is 13.5. The molecule has 1 heterocycles. The van der Waals surface area contributed by atoms with Gasteiger partial charge in [0, 0.05) is 23.5 Å². The second-order valence-corrected chi connectivity index (χ2v) is 8.87. The van der Waals surface area contributed by atoms with Crippen LogP contribution in [-0.2, 0) is 35.0 Å². The van der Waals surface area contributed by atoms with E-state index >= 15 is 0 Å². The number of para-hydroxylation sites is 1. The summed E-state index contributed by atoms with van der Waals surface area (Å²) in [6.45, 7) is 0. The molecule has 1 aromatic heterocycles. The number of aromatic amines is 1. The number of aromatic nitrogens is 1. The van der Waals surface area contributed by atoms with Crippen molar-refractivity contribution in [1.82, 2.24) is 10.3 Å². The molecule has 1 amide bonds. The highest BCUT2D eigenvalue weighted by molar-refractivity contribution is 5.98. The average Bonchev–Trinajstić information content (AvgIpc) is 3.41. The van der Waals surface area contributed by atoms with Gasteiger partial charge in [-0.25, -0.2) is 19.2 Å². The molecule has 0 aliphatic carbocycles. The molecule has 3 unspecified atom stereocenters. The highest BCUT2D eigenvalue weighted by Crippen LogP contribution is 2.20. The molecule has 0 radical (unpaired) electrons. The molecule has 3 aromatic carbocycles. The number of rotatable bonds is 11. The Morgan fingerprint density at radius 3 is 1.88 bits per heavy atom. The lowest BCUT2D eigenvalue weighted by molar-refractivity contribution is -0.160. The first-order chi connectivity index (χ1) is 19.8. The molecule has 11 nitrogen and oxygen atoms in total. The summed E-state index contributed by atoms with van der Waals surface area (Å²) < 4.78 is 15.3. The largest absolute Gasteiger partial charge is 0.478 e. The third kappa shape index (κ3) is 6.95. The van der Waals surface area contributed by atoms with Gasteiger partial charge < -0.3 is 29.6 Å². The van der Waals surface area contributed by atoms with Crippen LogP contribution in [0.3, 0.4) is 0 Å². The Labute approximate surface area is 234 Å². The van der Waals surface area contributed by atoms with Crippen molar-refractivity contribution in [2.45, 2.75) is 24.7 Å². The molecular formula is C30H26N2O9. The first-order valence-electron chi connectivity index (χ1n) is 12.5. The smallest absolute Gasteiger partial charge is 0.349 e. The van der Waals surface area contributed by atoms with Gasteiger partial charge in [-0.2, -0.15) is 0 Å². The number of esters is 3. The van der Waals surface area contributed by atoms with E-state index in [1.807, 2.05) is 24.3 Å². The number of ether oxygens (including phenoxy) is 3. The zero-order valence-electron chi connectivity index (χ0n) is 21.8. The molecule has 3 N–H and O–H groups in total. The first kappa shape index (κ1) is 28.6. The predicted octanol–water partition coefficient (Wildman–Crippen LogP) is 2.90. The standard InChI is InChI=1S/C30H26N2O9/c1-39-30(38)23(16-20-17-31-22-15-9-8-14-21(20)22)32-26(33)24(40-28(36)18-10-4-2-5-11-18)25(27(34)35)41-29(37)19-12-6-3-7-13-19/h2-15,17,23-25,31H,16H2,1H3,(H,32,33)(H,34,35). The van der Waals surface area contributed by atoms with Gasteiger partial charge in [0.05, 0.1) is 18.2 Å². The van der Waals surface area contributed by atoms with Crippen LogP contribution in [0, 0.1) is 0 Å². The van der Waals surface area contributed by atoms with Crippen LogP contribution < -0.4 is 5.32 Å². The average molecular weight is 559 g/mol. The normalized spacial score (nSPS) is 12.9. The molecule has 210 valence electrons. The summed E-state index contributed by atoms with van der Waals surface area (Å²) in [6, 6.07) is 21.0. The minimum absolute atomic E-state index is 0.0130. The molecule has 0 bridgehead atoms. The number of methoxy groups -OCH3 is 1. The quantitative estimate of drug-likeness (QED) is 0.186. The fourth-order valence-electron chi connectivity index (χ4n) is 4.12. The van der Waals surface area contributed by atoms with Crippen LogP contribution in [0.4, 0.5) is 0 Å². The molecule has 0 spiro atoms. The van der Waals surface area contributed by atoms with E-state index in [-0.39, 0.29) is 17.5 Å². The summed E-state index contributed by atoms with van der Waals surface area (Å²) in [6.07, 6.45) is -2.78. The van der Waals surface area contributed by atoms with Gasteiger partial charge in [0.15, 0.2) is 0 Å². The molecule has 0 fully saturated rings. The van der Waals surface area contributed by atoms with E-state index < -0.39 is 48.0 Å². The maximum atomic E-state index is 13.5. The van der Waals surface area contributed by atoms with Gasteiger partial charge in [-0.3, -0.25) is 4.79 Å². The molecule has 3 atom stereocenters. The zero-order chi connectivity index (χ0) is 29.4. The molecular weight excluding hydrogens is 532 g/mol. The van der Waals surface area contributed by atoms with Crippen LogP contribution in [0.5, 0.6) is 0 Å². The lowest BCUT2D eigenvalue weighted by Gasteiger charge is -2.25. The predicted molar refractivity (Wildman–Crippen MR) is 145 cm³/mol. The minimum atomic E-state index is -2.25. The SMILES string of the molecule is COC(=O)C(Cc1c[nH]c2ccccc12)NC(=O)C(OC(=O)c1ccccc1)C(OC(=O)c1ccccc1)C(=O)O. The molecule has 0 aliphatic rings. The molecule has 0 saturated carbocycles. The van der Waals surface area contributed by atoms with Crippen molar-refractivity contribution < 1.29 is 43.3 Å². The van der Waals surface area contributed by atoms with E-state index in [4.69, 9.17) is 14.2 Å². The van der Waals surface area contributed by atoms with E-state index in [2.05, 4.69) is 10.3 Å². The number of hydrogen-bond donors (Lipinski definition) is 3. The fourth-order valence-corrected chi connectivity index (χ4v) is 4.12. The van der Waals surface area contributed by atoms with Crippen LogP contribution in [0.1, 0.15) is 26.3 Å². The Hall–Kier alpha value is -5.45. The number of carbonyl (C=O) groups excluding carboxylic acids is 4. The molecule has 4 aromatic rings. The summed E-state index contributed by atoms with van der Waals surface area (Å²) in [4.78, 5) is 67.2. The summed E-state index contributed by atoms with van der Waals surface area (Å²) in [7, 11) is 1.13. The highest BCUT2D eigenvalue weighted by atomic mass is 16.6. The van der Waals surface area contributed by atoms with E-state index in [1.165, 1.54) is 36.4 Å². The summed E-state index contributed by atoms with van der Waals surface area (Å²) in [5.74, 6) is -5.86. The number of amides is 1. The van der Waals surface area contributed by atoms with Crippen molar-refractivity contribution in [3.63, 3.8) is 0 Å². The maximum Gasteiger partial charge on any atom is 0.349 e. The number of fused-ring (bicyclic) bond motifs is 1. The van der Waals surface area contributed by atoms with Gasteiger partial charge in [0.1, 0.15) is 6.04 Å². The zero-order valence-corrected chi connectivity index (χ0v) is 21.8. The van der Waals surface area contributed by atoms with Crippen LogP contribution in [0.15, 0.2) is 91.1 Å². The Balaban J connectivity index is 1.64. The van der Waals surface area contributed by atoms with Gasteiger partial charge >= 0.3 is 23.9 Å². The molecule has 4 rings (SSSR count). The van der Waals surface area contributed by atoms with E-state index in [0.717, 1.165) is 18.0 Å². The second-order valence-electron chi connectivity index (χ2n) is 8.87. The lowest BCUT2D eigenvalue weighted by Crippen LogP contribution is -2.54. The molecule has 11 heteroatoms. The number of aliphatic carboxylic acids is 1. The van der Waals surface area contributed by atoms with Gasteiger partial charge in [-0.05, 0) is 35.9 Å². The molecule has 0 saturated heterocycles. The number of H-pyrrole nitrogens is 1. The number of nitrogens with one attached hydrogen (secondary N) is 2. The molecule has 0 aliphatic heterocycles. The number of carboxylic acid groups (broad SMARTS) is 1. The van der Waals surface area contributed by atoms with Gasteiger partial charge in [0.25, 0.3) is 5.91 Å². The van der Waals surface area contributed by atoms with Crippen LogP contribution in [0.25, 0.3) is 10.9 Å². The molecule has 41 heavy (non-hydrogen) atoms. The van der Waals surface area contributed by atoms with Gasteiger partial charge in [0.2, 0.25) is 12.2 Å². The van der Waals surface area contributed by atoms with Crippen molar-refractivity contribution >= 4 is 40.7 Å². The van der Waals surface area contributed by atoms with Crippen molar-refractivity contribution in [3.8, 4) is 0 Å². The summed E-state index contributed by atoms with van der Waals surface area (Å²) in [5.41, 5.74) is 1.50. The van der Waals surface area contributed by atoms with Crippen molar-refractivity contribution in [2.75, 3.05) is 7.11 Å². The number of hydrogen-bond acceptors (Lipinski definition) is 8. The van der Waals surface area contributed by atoms with E-state index in [1.54, 1.807) is 30.5 Å². The van der Waals surface area contributed by atoms with Gasteiger partial charge in [-0.15, -0.1) is 0 Å². The Bertz CT molecular complexity index is 1550. The highest BCUT2D eigenvalue weighted by Gasteiger charge is 2.42. The van der Waals surface area contributed by atoms with Crippen LogP contribution in [-0.4, -0.2) is 65.2 Å². The summed E-state index contributed by atoms with van der Waals surface area (Å²) >= 11 is 0. The fraction of sp³-hybridized carbons (Fsp3) is 0.167. The third-order valence-corrected chi connectivity index (χ3v) is 6.16. The van der Waals surface area contributed by atoms with Gasteiger partial charge in [-0.1, -0.05) is 54.6 Å². The number of carboxylic acids is 1. The minimum Gasteiger partial charge on any atom is -0.478 e. The van der Waals surface area contributed by atoms with Crippen LogP contribution >= 0.6 is 0 Å². The van der Waals surface area contributed by atoms with Crippen LogP contribution in [0.2, 0.25) is 0 Å². The number of benzene rings is 3. The van der Waals surface area contributed by atoms with E-state index in [9.17, 15) is 29.1 Å². The second kappa shape index (κ2) is 13.1. The van der Waals surface area contributed by atoms with E-state index in [0.29, 0.717) is 5.56 Å². The Morgan fingerprint density at radius 1 is 0.780 bits per heavy atom. The Morgan fingerprint density at radius 2 is 1.32 bits per heavy atom. The van der Waals surface area contributed by atoms with Crippen molar-refractivity contribution in [2.24, 2.45) is 0 Å². The number of carbonyl (C=O) groups is 5.